The maximum absolute atomic E-state index is 13.4. The van der Waals surface area contributed by atoms with Gasteiger partial charge in [0, 0.05) is 12.6 Å². The number of hydrogen-bond donors (Lipinski definition) is 2. The fraction of sp³-hybridized carbons (Fsp3) is 0.429. The number of rotatable bonds is 7. The number of amides is 1. The van der Waals surface area contributed by atoms with Crippen LogP contribution >= 0.6 is 0 Å². The average Bonchev–Trinajstić information content (AvgIpc) is 2.31. The van der Waals surface area contributed by atoms with Crippen LogP contribution in [0.5, 0.6) is 0 Å². The number of halogens is 2. The predicted octanol–water partition coefficient (Wildman–Crippen LogP) is 1.95. The Bertz CT molecular complexity index is 521. The zero-order chi connectivity index (χ0) is 16.0. The number of anilines is 1. The lowest BCUT2D eigenvalue weighted by Crippen LogP contribution is -2.39. The van der Waals surface area contributed by atoms with E-state index in [9.17, 15) is 18.4 Å². The number of carboxylic acids is 1. The van der Waals surface area contributed by atoms with Gasteiger partial charge in [-0.15, -0.1) is 0 Å². The van der Waals surface area contributed by atoms with E-state index >= 15 is 0 Å². The zero-order valence-electron chi connectivity index (χ0n) is 11.9. The fourth-order valence-electron chi connectivity index (χ4n) is 1.88. The van der Waals surface area contributed by atoms with Gasteiger partial charge in [-0.2, -0.15) is 0 Å². The molecule has 0 unspecified atom stereocenters. The van der Waals surface area contributed by atoms with E-state index < -0.39 is 23.5 Å². The van der Waals surface area contributed by atoms with E-state index in [4.69, 9.17) is 5.11 Å². The molecule has 21 heavy (non-hydrogen) atoms. The highest BCUT2D eigenvalue weighted by atomic mass is 19.1. The molecule has 0 bridgehead atoms. The van der Waals surface area contributed by atoms with Crippen LogP contribution in [-0.4, -0.2) is 41.5 Å². The minimum absolute atomic E-state index is 0.169. The summed E-state index contributed by atoms with van der Waals surface area (Å²) in [7, 11) is 0. The molecule has 0 aliphatic rings. The van der Waals surface area contributed by atoms with Crippen molar-refractivity contribution in [3.63, 3.8) is 0 Å². The van der Waals surface area contributed by atoms with Crippen LogP contribution in [0.4, 0.5) is 14.5 Å². The summed E-state index contributed by atoms with van der Waals surface area (Å²) in [5.41, 5.74) is -0.264. The van der Waals surface area contributed by atoms with E-state index in [1.165, 1.54) is 4.90 Å². The molecule has 0 aliphatic heterocycles. The van der Waals surface area contributed by atoms with Crippen molar-refractivity contribution in [1.82, 2.24) is 4.90 Å². The van der Waals surface area contributed by atoms with Crippen molar-refractivity contribution in [2.24, 2.45) is 5.92 Å². The Morgan fingerprint density at radius 2 is 1.95 bits per heavy atom. The Balaban J connectivity index is 2.68. The van der Waals surface area contributed by atoms with Gasteiger partial charge in [0.05, 0.1) is 18.8 Å². The van der Waals surface area contributed by atoms with E-state index in [0.717, 1.165) is 18.2 Å². The quantitative estimate of drug-likeness (QED) is 0.807. The van der Waals surface area contributed by atoms with Crippen molar-refractivity contribution < 1.29 is 23.5 Å². The van der Waals surface area contributed by atoms with Crippen molar-refractivity contribution in [1.29, 1.82) is 0 Å². The third-order valence-corrected chi connectivity index (χ3v) is 2.55. The molecule has 5 nitrogen and oxygen atoms in total. The lowest BCUT2D eigenvalue weighted by Gasteiger charge is -2.21. The van der Waals surface area contributed by atoms with E-state index in [2.05, 4.69) is 5.32 Å². The monoisotopic (exact) mass is 300 g/mol. The molecule has 1 rings (SSSR count). The summed E-state index contributed by atoms with van der Waals surface area (Å²) in [6.07, 6.45) is 0. The Labute approximate surface area is 121 Å². The zero-order valence-corrected chi connectivity index (χ0v) is 11.9. The SMILES string of the molecule is CC(C)CN(CC(=O)O)CC(=O)Nc1cc(F)ccc1F. The molecule has 7 heteroatoms. The fourth-order valence-corrected chi connectivity index (χ4v) is 1.88. The van der Waals surface area contributed by atoms with Gasteiger partial charge in [-0.3, -0.25) is 14.5 Å². The summed E-state index contributed by atoms with van der Waals surface area (Å²) in [4.78, 5) is 24.0. The molecule has 2 N–H and O–H groups in total. The second-order valence-electron chi connectivity index (χ2n) is 5.13. The van der Waals surface area contributed by atoms with Gasteiger partial charge in [-0.05, 0) is 18.1 Å². The first-order valence-electron chi connectivity index (χ1n) is 6.47. The lowest BCUT2D eigenvalue weighted by molar-refractivity contribution is -0.138. The van der Waals surface area contributed by atoms with Gasteiger partial charge < -0.3 is 10.4 Å². The molecule has 0 saturated heterocycles. The van der Waals surface area contributed by atoms with Crippen LogP contribution in [0.2, 0.25) is 0 Å². The maximum atomic E-state index is 13.4. The smallest absolute Gasteiger partial charge is 0.317 e. The molecule has 0 aromatic heterocycles. The average molecular weight is 300 g/mol. The predicted molar refractivity (Wildman–Crippen MR) is 73.9 cm³/mol. The highest BCUT2D eigenvalue weighted by Gasteiger charge is 2.16. The van der Waals surface area contributed by atoms with E-state index in [0.29, 0.717) is 6.54 Å². The van der Waals surface area contributed by atoms with Gasteiger partial charge >= 0.3 is 5.97 Å². The third-order valence-electron chi connectivity index (χ3n) is 2.55. The molecule has 1 amide bonds. The lowest BCUT2D eigenvalue weighted by atomic mass is 10.2. The summed E-state index contributed by atoms with van der Waals surface area (Å²) in [5.74, 6) is -2.90. The summed E-state index contributed by atoms with van der Waals surface area (Å²) in [5, 5.41) is 11.0. The van der Waals surface area contributed by atoms with Crippen LogP contribution in [0, 0.1) is 17.6 Å². The van der Waals surface area contributed by atoms with E-state index in [1.54, 1.807) is 0 Å². The molecule has 0 saturated carbocycles. The number of benzene rings is 1. The van der Waals surface area contributed by atoms with E-state index in [-0.39, 0.29) is 24.7 Å². The second kappa shape index (κ2) is 7.68. The summed E-state index contributed by atoms with van der Waals surface area (Å²) >= 11 is 0. The summed E-state index contributed by atoms with van der Waals surface area (Å²) < 4.78 is 26.4. The molecular formula is C14H18F2N2O3. The van der Waals surface area contributed by atoms with Crippen LogP contribution in [0.1, 0.15) is 13.8 Å². The maximum Gasteiger partial charge on any atom is 0.317 e. The minimum Gasteiger partial charge on any atom is -0.480 e. The van der Waals surface area contributed by atoms with Gasteiger partial charge in [0.25, 0.3) is 0 Å². The van der Waals surface area contributed by atoms with E-state index in [1.807, 2.05) is 13.8 Å². The topological polar surface area (TPSA) is 69.6 Å². The Hall–Kier alpha value is -2.02. The van der Waals surface area contributed by atoms with Crippen molar-refractivity contribution in [3.05, 3.63) is 29.8 Å². The van der Waals surface area contributed by atoms with Gasteiger partial charge in [0.1, 0.15) is 11.6 Å². The Morgan fingerprint density at radius 1 is 1.29 bits per heavy atom. The first-order valence-corrected chi connectivity index (χ1v) is 6.47. The van der Waals surface area contributed by atoms with Gasteiger partial charge in [0.2, 0.25) is 5.91 Å². The first kappa shape index (κ1) is 17.0. The molecule has 116 valence electrons. The number of hydrogen-bond acceptors (Lipinski definition) is 3. The van der Waals surface area contributed by atoms with Crippen molar-refractivity contribution in [2.75, 3.05) is 25.0 Å². The minimum atomic E-state index is -1.06. The number of nitrogens with zero attached hydrogens (tertiary/aromatic N) is 1. The van der Waals surface area contributed by atoms with Gasteiger partial charge in [0.15, 0.2) is 0 Å². The normalized spacial score (nSPS) is 11.0. The molecule has 0 radical (unpaired) electrons. The highest BCUT2D eigenvalue weighted by Crippen LogP contribution is 2.15. The molecule has 1 aromatic carbocycles. The standard InChI is InChI=1S/C14H18F2N2O3/c1-9(2)6-18(8-14(20)21)7-13(19)17-12-5-10(15)3-4-11(12)16/h3-5,9H,6-8H2,1-2H3,(H,17,19)(H,20,21). The number of nitrogens with one attached hydrogen (secondary N) is 1. The van der Waals surface area contributed by atoms with Crippen LogP contribution in [0.15, 0.2) is 18.2 Å². The summed E-state index contributed by atoms with van der Waals surface area (Å²) in [6, 6.07) is 2.73. The van der Waals surface area contributed by atoms with Crippen LogP contribution in [0.25, 0.3) is 0 Å². The molecule has 0 heterocycles. The van der Waals surface area contributed by atoms with Crippen molar-refractivity contribution in [2.45, 2.75) is 13.8 Å². The van der Waals surface area contributed by atoms with Gasteiger partial charge in [-0.25, -0.2) is 8.78 Å². The number of carbonyl (C=O) groups is 2. The summed E-state index contributed by atoms with van der Waals surface area (Å²) in [6.45, 7) is 3.68. The molecule has 0 aliphatic carbocycles. The van der Waals surface area contributed by atoms with Crippen molar-refractivity contribution >= 4 is 17.6 Å². The Kier molecular flexibility index (Phi) is 6.23. The molecule has 1 aromatic rings. The molecular weight excluding hydrogens is 282 g/mol. The number of carbonyl (C=O) groups excluding carboxylic acids is 1. The third kappa shape index (κ3) is 6.31. The first-order chi connectivity index (χ1) is 9.77. The highest BCUT2D eigenvalue weighted by molar-refractivity contribution is 5.92. The van der Waals surface area contributed by atoms with Crippen molar-refractivity contribution in [3.8, 4) is 0 Å². The van der Waals surface area contributed by atoms with Crippen LogP contribution < -0.4 is 5.32 Å². The molecule has 0 spiro atoms. The van der Waals surface area contributed by atoms with Gasteiger partial charge in [-0.1, -0.05) is 13.8 Å². The number of aliphatic carboxylic acids is 1. The van der Waals surface area contributed by atoms with Crippen LogP contribution in [0.3, 0.4) is 0 Å². The van der Waals surface area contributed by atoms with Crippen LogP contribution in [-0.2, 0) is 9.59 Å². The second-order valence-corrected chi connectivity index (χ2v) is 5.13. The largest absolute Gasteiger partial charge is 0.480 e. The molecule has 0 atom stereocenters. The Morgan fingerprint density at radius 3 is 2.52 bits per heavy atom. The molecule has 0 fully saturated rings. The number of carboxylic acid groups (broad SMARTS) is 1.